The number of rotatable bonds is 4. The second-order valence-corrected chi connectivity index (χ2v) is 3.19. The Hall–Kier alpha value is -0.570. The van der Waals surface area contributed by atoms with Crippen LogP contribution in [0.4, 0.5) is 0 Å². The van der Waals surface area contributed by atoms with Gasteiger partial charge in [-0.2, -0.15) is 0 Å². The predicted molar refractivity (Wildman–Crippen MR) is 44.1 cm³/mol. The molecule has 0 saturated heterocycles. The number of carbonyl (C=O) groups excluding carboxylic acids is 1. The molecule has 0 unspecified atom stereocenters. The summed E-state index contributed by atoms with van der Waals surface area (Å²) >= 11 is 0. The maximum atomic E-state index is 11.0. The van der Waals surface area contributed by atoms with E-state index in [1.54, 1.807) is 0 Å². The maximum absolute atomic E-state index is 11.0. The molecule has 2 N–H and O–H groups in total. The van der Waals surface area contributed by atoms with E-state index < -0.39 is 0 Å². The standard InChI is InChI=1S/C8H17NO2/c1-6(2)8(11)9-4-7(3)5-10/h6-7,10H,4-5H2,1-3H3,(H,9,11)/t7-/m0/s1. The molecule has 3 nitrogen and oxygen atoms in total. The Balaban J connectivity index is 3.46. The number of hydrogen-bond donors (Lipinski definition) is 2. The third-order valence-corrected chi connectivity index (χ3v) is 1.46. The average molecular weight is 159 g/mol. The summed E-state index contributed by atoms with van der Waals surface area (Å²) in [7, 11) is 0. The van der Waals surface area contributed by atoms with Gasteiger partial charge in [-0.05, 0) is 5.92 Å². The molecule has 0 heterocycles. The molecule has 66 valence electrons. The Morgan fingerprint density at radius 2 is 2.00 bits per heavy atom. The van der Waals surface area contributed by atoms with Gasteiger partial charge < -0.3 is 10.4 Å². The highest BCUT2D eigenvalue weighted by atomic mass is 16.3. The number of nitrogens with one attached hydrogen (secondary N) is 1. The van der Waals surface area contributed by atoms with Crippen molar-refractivity contribution < 1.29 is 9.90 Å². The number of amides is 1. The molecule has 0 aromatic heterocycles. The summed E-state index contributed by atoms with van der Waals surface area (Å²) in [6, 6.07) is 0. The van der Waals surface area contributed by atoms with Crippen molar-refractivity contribution in [3.8, 4) is 0 Å². The number of carbonyl (C=O) groups is 1. The smallest absolute Gasteiger partial charge is 0.222 e. The van der Waals surface area contributed by atoms with E-state index in [1.807, 2.05) is 20.8 Å². The van der Waals surface area contributed by atoms with Gasteiger partial charge in [-0.3, -0.25) is 4.79 Å². The lowest BCUT2D eigenvalue weighted by Crippen LogP contribution is -2.32. The molecule has 0 spiro atoms. The number of hydrogen-bond acceptors (Lipinski definition) is 2. The van der Waals surface area contributed by atoms with Crippen molar-refractivity contribution in [3.05, 3.63) is 0 Å². The third-order valence-electron chi connectivity index (χ3n) is 1.46. The van der Waals surface area contributed by atoms with Crippen LogP contribution in [0.15, 0.2) is 0 Å². The van der Waals surface area contributed by atoms with Crippen LogP contribution in [0.5, 0.6) is 0 Å². The molecule has 3 heteroatoms. The summed E-state index contributed by atoms with van der Waals surface area (Å²) in [6.45, 7) is 6.27. The fraction of sp³-hybridized carbons (Fsp3) is 0.875. The zero-order valence-corrected chi connectivity index (χ0v) is 7.42. The highest BCUT2D eigenvalue weighted by molar-refractivity contribution is 5.77. The van der Waals surface area contributed by atoms with E-state index in [9.17, 15) is 4.79 Å². The van der Waals surface area contributed by atoms with Crippen LogP contribution >= 0.6 is 0 Å². The third kappa shape index (κ3) is 4.79. The first-order valence-electron chi connectivity index (χ1n) is 3.96. The van der Waals surface area contributed by atoms with Gasteiger partial charge in [0, 0.05) is 19.1 Å². The van der Waals surface area contributed by atoms with E-state index in [2.05, 4.69) is 5.32 Å². The summed E-state index contributed by atoms with van der Waals surface area (Å²) in [5.74, 6) is 0.226. The average Bonchev–Trinajstić information content (AvgIpc) is 1.99. The normalized spacial score (nSPS) is 13.2. The molecule has 0 aliphatic heterocycles. The molecule has 0 rings (SSSR count). The van der Waals surface area contributed by atoms with Crippen LogP contribution < -0.4 is 5.32 Å². The molecule has 0 aromatic rings. The Bertz CT molecular complexity index is 123. The van der Waals surface area contributed by atoms with Gasteiger partial charge in [0.05, 0.1) is 0 Å². The molecule has 0 aromatic carbocycles. The van der Waals surface area contributed by atoms with Crippen LogP contribution in [-0.4, -0.2) is 24.2 Å². The lowest BCUT2D eigenvalue weighted by Gasteiger charge is -2.10. The molecule has 1 amide bonds. The summed E-state index contributed by atoms with van der Waals surface area (Å²) in [5, 5.41) is 11.4. The first-order valence-corrected chi connectivity index (χ1v) is 3.96. The quantitative estimate of drug-likeness (QED) is 0.623. The second kappa shape index (κ2) is 5.13. The van der Waals surface area contributed by atoms with Crippen LogP contribution in [0.25, 0.3) is 0 Å². The van der Waals surface area contributed by atoms with Crippen molar-refractivity contribution in [2.75, 3.05) is 13.2 Å². The van der Waals surface area contributed by atoms with Gasteiger partial charge in [0.1, 0.15) is 0 Å². The highest BCUT2D eigenvalue weighted by Crippen LogP contribution is 1.93. The number of aliphatic hydroxyl groups excluding tert-OH is 1. The maximum Gasteiger partial charge on any atom is 0.222 e. The molecule has 0 aliphatic carbocycles. The Kier molecular flexibility index (Phi) is 4.86. The molecule has 1 atom stereocenters. The zero-order chi connectivity index (χ0) is 8.85. The molecular weight excluding hydrogens is 142 g/mol. The van der Waals surface area contributed by atoms with E-state index in [-0.39, 0.29) is 24.3 Å². The molecular formula is C8H17NO2. The van der Waals surface area contributed by atoms with Gasteiger partial charge in [0.2, 0.25) is 5.91 Å². The van der Waals surface area contributed by atoms with Crippen LogP contribution in [0.2, 0.25) is 0 Å². The molecule has 11 heavy (non-hydrogen) atoms. The van der Waals surface area contributed by atoms with Crippen LogP contribution in [0.1, 0.15) is 20.8 Å². The Morgan fingerprint density at radius 3 is 2.36 bits per heavy atom. The van der Waals surface area contributed by atoms with Crippen molar-refractivity contribution in [1.29, 1.82) is 0 Å². The Labute approximate surface area is 67.8 Å². The van der Waals surface area contributed by atoms with E-state index >= 15 is 0 Å². The summed E-state index contributed by atoms with van der Waals surface area (Å²) < 4.78 is 0. The van der Waals surface area contributed by atoms with Gasteiger partial charge in [-0.15, -0.1) is 0 Å². The van der Waals surface area contributed by atoms with Crippen molar-refractivity contribution in [3.63, 3.8) is 0 Å². The minimum atomic E-state index is 0.0286. The van der Waals surface area contributed by atoms with E-state index in [1.165, 1.54) is 0 Å². The number of aliphatic hydroxyl groups is 1. The van der Waals surface area contributed by atoms with Crippen LogP contribution in [0.3, 0.4) is 0 Å². The van der Waals surface area contributed by atoms with Crippen molar-refractivity contribution in [2.45, 2.75) is 20.8 Å². The second-order valence-electron chi connectivity index (χ2n) is 3.19. The molecule has 0 fully saturated rings. The molecule has 0 saturated carbocycles. The molecule has 0 bridgehead atoms. The fourth-order valence-corrected chi connectivity index (χ4v) is 0.543. The minimum Gasteiger partial charge on any atom is -0.396 e. The zero-order valence-electron chi connectivity index (χ0n) is 7.42. The van der Waals surface area contributed by atoms with E-state index in [0.717, 1.165) is 0 Å². The first kappa shape index (κ1) is 10.4. The molecule has 0 radical (unpaired) electrons. The van der Waals surface area contributed by atoms with Gasteiger partial charge in [0.25, 0.3) is 0 Å². The first-order chi connectivity index (χ1) is 5.07. The van der Waals surface area contributed by atoms with Gasteiger partial charge in [-0.25, -0.2) is 0 Å². The summed E-state index contributed by atoms with van der Waals surface area (Å²) in [4.78, 5) is 11.0. The largest absolute Gasteiger partial charge is 0.396 e. The van der Waals surface area contributed by atoms with Crippen LogP contribution in [0, 0.1) is 11.8 Å². The topological polar surface area (TPSA) is 49.3 Å². The predicted octanol–water partition coefficient (Wildman–Crippen LogP) is 0.387. The SMILES string of the molecule is CC(C)C(=O)NC[C@H](C)CO. The van der Waals surface area contributed by atoms with Crippen molar-refractivity contribution in [1.82, 2.24) is 5.32 Å². The van der Waals surface area contributed by atoms with Crippen molar-refractivity contribution in [2.24, 2.45) is 11.8 Å². The van der Waals surface area contributed by atoms with Gasteiger partial charge in [-0.1, -0.05) is 20.8 Å². The van der Waals surface area contributed by atoms with Gasteiger partial charge in [0.15, 0.2) is 0 Å². The van der Waals surface area contributed by atoms with E-state index in [4.69, 9.17) is 5.11 Å². The summed E-state index contributed by atoms with van der Waals surface area (Å²) in [6.07, 6.45) is 0. The fourth-order valence-electron chi connectivity index (χ4n) is 0.543. The summed E-state index contributed by atoms with van der Waals surface area (Å²) in [5.41, 5.74) is 0. The lowest BCUT2D eigenvalue weighted by molar-refractivity contribution is -0.124. The van der Waals surface area contributed by atoms with Crippen molar-refractivity contribution >= 4 is 5.91 Å². The molecule has 0 aliphatic rings. The minimum absolute atomic E-state index is 0.0286. The van der Waals surface area contributed by atoms with E-state index in [0.29, 0.717) is 6.54 Å². The monoisotopic (exact) mass is 159 g/mol. The van der Waals surface area contributed by atoms with Gasteiger partial charge >= 0.3 is 0 Å². The van der Waals surface area contributed by atoms with Crippen LogP contribution in [-0.2, 0) is 4.79 Å². The highest BCUT2D eigenvalue weighted by Gasteiger charge is 2.07. The lowest BCUT2D eigenvalue weighted by atomic mass is 10.1. The Morgan fingerprint density at radius 1 is 1.45 bits per heavy atom.